The highest BCUT2D eigenvalue weighted by Crippen LogP contribution is 2.28. The van der Waals surface area contributed by atoms with E-state index in [1.54, 1.807) is 23.5 Å². The largest absolute Gasteiger partial charge is 0.359 e. The first-order valence-electron chi connectivity index (χ1n) is 7.05. The number of rotatable bonds is 4. The van der Waals surface area contributed by atoms with Crippen molar-refractivity contribution >= 4 is 38.7 Å². The molecular formula is C15H19ClN2O2S2. The molecule has 0 bridgehead atoms. The van der Waals surface area contributed by atoms with Gasteiger partial charge in [0, 0.05) is 23.2 Å². The van der Waals surface area contributed by atoms with Gasteiger partial charge in [0.1, 0.15) is 0 Å². The van der Waals surface area contributed by atoms with Crippen LogP contribution in [0.2, 0.25) is 0 Å². The van der Waals surface area contributed by atoms with E-state index in [9.17, 15) is 8.42 Å². The third-order valence-electron chi connectivity index (χ3n) is 3.77. The van der Waals surface area contributed by atoms with Crippen molar-refractivity contribution in [3.8, 4) is 11.3 Å². The predicted octanol–water partition coefficient (Wildman–Crippen LogP) is 3.99. The van der Waals surface area contributed by atoms with Gasteiger partial charge in [-0.2, -0.15) is 0 Å². The third kappa shape index (κ3) is 4.00. The number of sulfone groups is 1. The Morgan fingerprint density at radius 2 is 1.82 bits per heavy atom. The van der Waals surface area contributed by atoms with E-state index < -0.39 is 9.84 Å². The number of thiazole rings is 1. The number of benzene rings is 1. The van der Waals surface area contributed by atoms with Gasteiger partial charge in [-0.3, -0.25) is 0 Å². The Bertz CT molecular complexity index is 720. The average Bonchev–Trinajstić information content (AvgIpc) is 3.10. The first-order valence-corrected chi connectivity index (χ1v) is 9.82. The molecule has 7 heteroatoms. The normalized spacial score (nSPS) is 15.5. The van der Waals surface area contributed by atoms with Crippen molar-refractivity contribution in [2.75, 3.05) is 11.6 Å². The summed E-state index contributed by atoms with van der Waals surface area (Å²) in [5.41, 5.74) is 1.83. The van der Waals surface area contributed by atoms with Gasteiger partial charge in [0.05, 0.1) is 10.6 Å². The van der Waals surface area contributed by atoms with E-state index in [1.807, 2.05) is 17.5 Å². The number of hydrogen-bond acceptors (Lipinski definition) is 5. The quantitative estimate of drug-likeness (QED) is 0.897. The van der Waals surface area contributed by atoms with Crippen LogP contribution in [-0.2, 0) is 9.84 Å². The molecule has 0 spiro atoms. The number of hydrogen-bond donors (Lipinski definition) is 1. The van der Waals surface area contributed by atoms with E-state index in [1.165, 1.54) is 31.9 Å². The fourth-order valence-electron chi connectivity index (χ4n) is 2.59. The Balaban J connectivity index is 0.00000176. The fraction of sp³-hybridized carbons (Fsp3) is 0.400. The summed E-state index contributed by atoms with van der Waals surface area (Å²) in [4.78, 5) is 4.93. The van der Waals surface area contributed by atoms with Crippen LogP contribution in [0.4, 0.5) is 5.13 Å². The maximum Gasteiger partial charge on any atom is 0.183 e. The van der Waals surface area contributed by atoms with Gasteiger partial charge in [-0.1, -0.05) is 25.0 Å². The van der Waals surface area contributed by atoms with Crippen molar-refractivity contribution < 1.29 is 8.42 Å². The summed E-state index contributed by atoms with van der Waals surface area (Å²) in [6, 6.07) is 7.44. The van der Waals surface area contributed by atoms with Crippen LogP contribution in [0.5, 0.6) is 0 Å². The van der Waals surface area contributed by atoms with Gasteiger partial charge in [0.25, 0.3) is 0 Å². The zero-order valence-corrected chi connectivity index (χ0v) is 14.7. The van der Waals surface area contributed by atoms with E-state index in [4.69, 9.17) is 0 Å². The van der Waals surface area contributed by atoms with E-state index in [0.29, 0.717) is 10.9 Å². The summed E-state index contributed by atoms with van der Waals surface area (Å²) in [5.74, 6) is 0. The first-order chi connectivity index (χ1) is 10.0. The molecule has 0 atom stereocenters. The van der Waals surface area contributed by atoms with Crippen LogP contribution in [0.1, 0.15) is 25.7 Å². The predicted molar refractivity (Wildman–Crippen MR) is 93.8 cm³/mol. The van der Waals surface area contributed by atoms with Crippen LogP contribution in [0.15, 0.2) is 34.5 Å². The molecule has 1 aromatic carbocycles. The SMILES string of the molecule is CS(=O)(=O)c1ccc(-c2csc(NC3CCCC3)n2)cc1.Cl. The molecule has 0 radical (unpaired) electrons. The minimum atomic E-state index is -3.14. The van der Waals surface area contributed by atoms with Crippen LogP contribution >= 0.6 is 23.7 Å². The second kappa shape index (κ2) is 6.98. The third-order valence-corrected chi connectivity index (χ3v) is 5.67. The molecule has 1 saturated carbocycles. The number of nitrogens with zero attached hydrogens (tertiary/aromatic N) is 1. The Hall–Kier alpha value is -1.11. The van der Waals surface area contributed by atoms with Gasteiger partial charge in [-0.15, -0.1) is 23.7 Å². The Morgan fingerprint density at radius 1 is 1.18 bits per heavy atom. The first kappa shape index (κ1) is 17.2. The summed E-state index contributed by atoms with van der Waals surface area (Å²) >= 11 is 1.60. The van der Waals surface area contributed by atoms with Gasteiger partial charge in [0.15, 0.2) is 15.0 Å². The Morgan fingerprint density at radius 3 is 2.41 bits per heavy atom. The molecule has 1 aromatic heterocycles. The summed E-state index contributed by atoms with van der Waals surface area (Å²) in [6.45, 7) is 0. The van der Waals surface area contributed by atoms with Crippen molar-refractivity contribution in [2.45, 2.75) is 36.6 Å². The molecule has 1 aliphatic rings. The lowest BCUT2D eigenvalue weighted by Crippen LogP contribution is -2.13. The van der Waals surface area contributed by atoms with Crippen molar-refractivity contribution in [2.24, 2.45) is 0 Å². The minimum absolute atomic E-state index is 0. The Labute approximate surface area is 141 Å². The summed E-state index contributed by atoms with van der Waals surface area (Å²) < 4.78 is 22.9. The van der Waals surface area contributed by atoms with E-state index in [-0.39, 0.29) is 12.4 Å². The molecule has 1 N–H and O–H groups in total. The van der Waals surface area contributed by atoms with Crippen LogP contribution in [0.3, 0.4) is 0 Å². The standard InChI is InChI=1S/C15H18N2O2S2.ClH/c1-21(18,19)13-8-6-11(7-9-13)14-10-20-15(17-14)16-12-4-2-3-5-12;/h6-10,12H,2-5H2,1H3,(H,16,17);1H. The van der Waals surface area contributed by atoms with Gasteiger partial charge < -0.3 is 5.32 Å². The smallest absolute Gasteiger partial charge is 0.183 e. The highest BCUT2D eigenvalue weighted by atomic mass is 35.5. The molecule has 0 aliphatic heterocycles. The molecular weight excluding hydrogens is 340 g/mol. The summed E-state index contributed by atoms with van der Waals surface area (Å²) in [6.07, 6.45) is 6.25. The number of nitrogens with one attached hydrogen (secondary N) is 1. The van der Waals surface area contributed by atoms with Gasteiger partial charge in [0.2, 0.25) is 0 Å². The van der Waals surface area contributed by atoms with E-state index >= 15 is 0 Å². The lowest BCUT2D eigenvalue weighted by molar-refractivity contribution is 0.602. The van der Waals surface area contributed by atoms with E-state index in [0.717, 1.165) is 16.4 Å². The maximum absolute atomic E-state index is 11.5. The summed E-state index contributed by atoms with van der Waals surface area (Å²) in [5, 5.41) is 6.43. The van der Waals surface area contributed by atoms with Crippen LogP contribution < -0.4 is 5.32 Å². The average molecular weight is 359 g/mol. The molecule has 22 heavy (non-hydrogen) atoms. The molecule has 0 unspecified atom stereocenters. The molecule has 1 aliphatic carbocycles. The molecule has 120 valence electrons. The fourth-order valence-corrected chi connectivity index (χ4v) is 4.02. The Kier molecular flexibility index (Phi) is 5.47. The topological polar surface area (TPSA) is 59.1 Å². The van der Waals surface area contributed by atoms with Gasteiger partial charge in [-0.25, -0.2) is 13.4 Å². The zero-order chi connectivity index (χ0) is 14.9. The number of anilines is 1. The molecule has 0 amide bonds. The van der Waals surface area contributed by atoms with Crippen LogP contribution in [0, 0.1) is 0 Å². The summed E-state index contributed by atoms with van der Waals surface area (Å²) in [7, 11) is -3.14. The van der Waals surface area contributed by atoms with Crippen molar-refractivity contribution in [1.29, 1.82) is 0 Å². The van der Waals surface area contributed by atoms with Crippen molar-refractivity contribution in [3.63, 3.8) is 0 Å². The highest BCUT2D eigenvalue weighted by molar-refractivity contribution is 7.90. The molecule has 1 fully saturated rings. The van der Waals surface area contributed by atoms with Gasteiger partial charge >= 0.3 is 0 Å². The molecule has 3 rings (SSSR count). The molecule has 1 heterocycles. The zero-order valence-electron chi connectivity index (χ0n) is 12.3. The number of halogens is 1. The minimum Gasteiger partial charge on any atom is -0.359 e. The van der Waals surface area contributed by atoms with E-state index in [2.05, 4.69) is 10.3 Å². The highest BCUT2D eigenvalue weighted by Gasteiger charge is 2.16. The van der Waals surface area contributed by atoms with Crippen LogP contribution in [-0.4, -0.2) is 25.7 Å². The second-order valence-electron chi connectivity index (χ2n) is 5.46. The molecule has 0 saturated heterocycles. The number of aromatic nitrogens is 1. The maximum atomic E-state index is 11.5. The molecule has 2 aromatic rings. The lowest BCUT2D eigenvalue weighted by Gasteiger charge is -2.09. The van der Waals surface area contributed by atoms with Gasteiger partial charge in [-0.05, 0) is 25.0 Å². The second-order valence-corrected chi connectivity index (χ2v) is 8.33. The molecule has 4 nitrogen and oxygen atoms in total. The van der Waals surface area contributed by atoms with Crippen molar-refractivity contribution in [3.05, 3.63) is 29.6 Å². The van der Waals surface area contributed by atoms with Crippen molar-refractivity contribution in [1.82, 2.24) is 4.98 Å². The monoisotopic (exact) mass is 358 g/mol. The van der Waals surface area contributed by atoms with Crippen LogP contribution in [0.25, 0.3) is 11.3 Å². The lowest BCUT2D eigenvalue weighted by atomic mass is 10.2.